The molecule has 33 heavy (non-hydrogen) atoms. The van der Waals surface area contributed by atoms with E-state index in [1.807, 2.05) is 52.0 Å². The first-order chi connectivity index (χ1) is 15.2. The van der Waals surface area contributed by atoms with Gasteiger partial charge in [0.2, 0.25) is 21.8 Å². The number of nitrogens with one attached hydrogen (secondary N) is 1. The molecule has 180 valence electrons. The maximum Gasteiger partial charge on any atom is 0.244 e. The molecule has 0 saturated heterocycles. The van der Waals surface area contributed by atoms with E-state index >= 15 is 0 Å². The first-order valence-corrected chi connectivity index (χ1v) is 13.2. The van der Waals surface area contributed by atoms with Crippen LogP contribution in [0.25, 0.3) is 0 Å². The van der Waals surface area contributed by atoms with Gasteiger partial charge in [-0.3, -0.25) is 13.9 Å². The van der Waals surface area contributed by atoms with Gasteiger partial charge in [-0.25, -0.2) is 8.42 Å². The fraction of sp³-hybridized carbons (Fsp3) is 0.417. The third kappa shape index (κ3) is 7.57. The summed E-state index contributed by atoms with van der Waals surface area (Å²) >= 11 is 3.37. The molecule has 0 aliphatic carbocycles. The molecule has 0 spiro atoms. The van der Waals surface area contributed by atoms with Crippen LogP contribution in [0.3, 0.4) is 0 Å². The molecule has 2 aromatic carbocycles. The number of carbonyl (C=O) groups is 2. The Balaban J connectivity index is 2.43. The summed E-state index contributed by atoms with van der Waals surface area (Å²) in [6.45, 7) is 8.93. The van der Waals surface area contributed by atoms with Crippen molar-refractivity contribution in [1.29, 1.82) is 0 Å². The molecule has 0 saturated carbocycles. The van der Waals surface area contributed by atoms with Crippen molar-refractivity contribution in [3.63, 3.8) is 0 Å². The molecule has 9 heteroatoms. The highest BCUT2D eigenvalue weighted by atomic mass is 79.9. The molecule has 0 aliphatic heterocycles. The van der Waals surface area contributed by atoms with E-state index in [-0.39, 0.29) is 12.5 Å². The Kier molecular flexibility index (Phi) is 8.70. The Morgan fingerprint density at radius 3 is 2.18 bits per heavy atom. The van der Waals surface area contributed by atoms with E-state index in [9.17, 15) is 18.0 Å². The highest BCUT2D eigenvalue weighted by Crippen LogP contribution is 2.28. The van der Waals surface area contributed by atoms with Crippen LogP contribution in [0.5, 0.6) is 0 Å². The fourth-order valence-corrected chi connectivity index (χ4v) is 4.75. The molecule has 1 unspecified atom stereocenters. The smallest absolute Gasteiger partial charge is 0.244 e. The Hall–Kier alpha value is -2.39. The van der Waals surface area contributed by atoms with Crippen molar-refractivity contribution >= 4 is 43.5 Å². The van der Waals surface area contributed by atoms with Crippen molar-refractivity contribution in [3.05, 3.63) is 64.1 Å². The SMILES string of the molecule is Cc1ccccc1CN(C(=O)CN(c1ccccc1Br)S(C)(=O)=O)C(C)C(=O)NC(C)(C)C. The minimum absolute atomic E-state index is 0.178. The predicted molar refractivity (Wildman–Crippen MR) is 135 cm³/mol. The Bertz CT molecular complexity index is 1110. The zero-order valence-electron chi connectivity index (χ0n) is 19.9. The van der Waals surface area contributed by atoms with Crippen LogP contribution in [0.2, 0.25) is 0 Å². The molecule has 2 aromatic rings. The van der Waals surface area contributed by atoms with E-state index in [0.29, 0.717) is 10.2 Å². The normalized spacial score (nSPS) is 12.7. The van der Waals surface area contributed by atoms with Crippen LogP contribution in [0, 0.1) is 6.92 Å². The molecule has 1 N–H and O–H groups in total. The minimum atomic E-state index is -3.77. The van der Waals surface area contributed by atoms with Crippen LogP contribution in [0.4, 0.5) is 5.69 Å². The number of rotatable bonds is 8. The first kappa shape index (κ1) is 26.9. The molecule has 0 heterocycles. The Morgan fingerprint density at radius 1 is 1.06 bits per heavy atom. The van der Waals surface area contributed by atoms with Gasteiger partial charge in [0, 0.05) is 16.6 Å². The second-order valence-corrected chi connectivity index (χ2v) is 11.8. The summed E-state index contributed by atoms with van der Waals surface area (Å²) in [5, 5.41) is 2.91. The number of hydrogen-bond donors (Lipinski definition) is 1. The largest absolute Gasteiger partial charge is 0.350 e. The maximum atomic E-state index is 13.5. The lowest BCUT2D eigenvalue weighted by molar-refractivity contribution is -0.140. The van der Waals surface area contributed by atoms with Crippen molar-refractivity contribution in [2.24, 2.45) is 0 Å². The van der Waals surface area contributed by atoms with Gasteiger partial charge < -0.3 is 10.2 Å². The van der Waals surface area contributed by atoms with E-state index in [0.717, 1.165) is 21.7 Å². The summed E-state index contributed by atoms with van der Waals surface area (Å²) in [5.41, 5.74) is 1.74. The number of carbonyl (C=O) groups excluding carboxylic acids is 2. The lowest BCUT2D eigenvalue weighted by Crippen LogP contribution is -2.54. The third-order valence-electron chi connectivity index (χ3n) is 5.07. The number of aryl methyl sites for hydroxylation is 1. The van der Waals surface area contributed by atoms with Gasteiger partial charge >= 0.3 is 0 Å². The van der Waals surface area contributed by atoms with Gasteiger partial charge in [-0.05, 0) is 73.8 Å². The van der Waals surface area contributed by atoms with Gasteiger partial charge in [0.25, 0.3) is 0 Å². The molecular formula is C24H32BrN3O4S. The van der Waals surface area contributed by atoms with Crippen LogP contribution in [-0.4, -0.2) is 49.5 Å². The van der Waals surface area contributed by atoms with E-state index in [1.54, 1.807) is 31.2 Å². The Morgan fingerprint density at radius 2 is 1.64 bits per heavy atom. The second kappa shape index (κ2) is 10.7. The summed E-state index contributed by atoms with van der Waals surface area (Å²) in [4.78, 5) is 27.9. The summed E-state index contributed by atoms with van der Waals surface area (Å²) < 4.78 is 26.8. The summed E-state index contributed by atoms with van der Waals surface area (Å²) in [6, 6.07) is 13.6. The zero-order chi connectivity index (χ0) is 25.0. The summed E-state index contributed by atoms with van der Waals surface area (Å²) in [6.07, 6.45) is 1.06. The monoisotopic (exact) mass is 537 g/mol. The number of sulfonamides is 1. The van der Waals surface area contributed by atoms with E-state index < -0.39 is 34.1 Å². The lowest BCUT2D eigenvalue weighted by atomic mass is 10.1. The number of para-hydroxylation sites is 1. The molecule has 1 atom stereocenters. The van der Waals surface area contributed by atoms with Gasteiger partial charge in [0.05, 0.1) is 11.9 Å². The maximum absolute atomic E-state index is 13.5. The molecule has 0 aliphatic rings. The summed E-state index contributed by atoms with van der Waals surface area (Å²) in [7, 11) is -3.77. The van der Waals surface area contributed by atoms with Gasteiger partial charge in [0.1, 0.15) is 12.6 Å². The van der Waals surface area contributed by atoms with Gasteiger partial charge in [-0.15, -0.1) is 0 Å². The van der Waals surface area contributed by atoms with Crippen molar-refractivity contribution < 1.29 is 18.0 Å². The van der Waals surface area contributed by atoms with E-state index in [1.165, 1.54) is 4.90 Å². The molecule has 7 nitrogen and oxygen atoms in total. The van der Waals surface area contributed by atoms with Crippen LogP contribution in [0.15, 0.2) is 53.0 Å². The average molecular weight is 539 g/mol. The first-order valence-electron chi connectivity index (χ1n) is 10.6. The van der Waals surface area contributed by atoms with Crippen molar-refractivity contribution in [1.82, 2.24) is 10.2 Å². The number of benzene rings is 2. The van der Waals surface area contributed by atoms with E-state index in [4.69, 9.17) is 0 Å². The molecule has 0 bridgehead atoms. The average Bonchev–Trinajstić information content (AvgIpc) is 2.69. The van der Waals surface area contributed by atoms with Crippen LogP contribution < -0.4 is 9.62 Å². The Labute approximate surface area is 205 Å². The number of amides is 2. The van der Waals surface area contributed by atoms with Crippen molar-refractivity contribution in [2.45, 2.75) is 52.7 Å². The lowest BCUT2D eigenvalue weighted by Gasteiger charge is -2.33. The second-order valence-electron chi connectivity index (χ2n) is 9.08. The van der Waals surface area contributed by atoms with Crippen LogP contribution in [0.1, 0.15) is 38.8 Å². The topological polar surface area (TPSA) is 86.8 Å². The minimum Gasteiger partial charge on any atom is -0.350 e. The van der Waals surface area contributed by atoms with Crippen molar-refractivity contribution in [3.8, 4) is 0 Å². The molecule has 0 fully saturated rings. The van der Waals surface area contributed by atoms with Crippen LogP contribution >= 0.6 is 15.9 Å². The van der Waals surface area contributed by atoms with Crippen molar-refractivity contribution in [2.75, 3.05) is 17.1 Å². The number of anilines is 1. The van der Waals surface area contributed by atoms with Gasteiger partial charge in [-0.2, -0.15) is 0 Å². The zero-order valence-corrected chi connectivity index (χ0v) is 22.3. The van der Waals surface area contributed by atoms with Gasteiger partial charge in [0.15, 0.2) is 0 Å². The summed E-state index contributed by atoms with van der Waals surface area (Å²) in [5.74, 6) is -0.785. The number of nitrogens with zero attached hydrogens (tertiary/aromatic N) is 2. The third-order valence-corrected chi connectivity index (χ3v) is 6.86. The highest BCUT2D eigenvalue weighted by molar-refractivity contribution is 9.10. The quantitative estimate of drug-likeness (QED) is 0.553. The molecular weight excluding hydrogens is 506 g/mol. The number of hydrogen-bond acceptors (Lipinski definition) is 4. The fourth-order valence-electron chi connectivity index (χ4n) is 3.28. The van der Waals surface area contributed by atoms with Crippen LogP contribution in [-0.2, 0) is 26.2 Å². The molecule has 0 radical (unpaired) electrons. The van der Waals surface area contributed by atoms with E-state index in [2.05, 4.69) is 21.2 Å². The molecule has 2 amide bonds. The highest BCUT2D eigenvalue weighted by Gasteiger charge is 2.32. The predicted octanol–water partition coefficient (Wildman–Crippen LogP) is 3.86. The molecule has 0 aromatic heterocycles. The number of halogens is 1. The molecule has 2 rings (SSSR count). The van der Waals surface area contributed by atoms with Gasteiger partial charge in [-0.1, -0.05) is 36.4 Å². The standard InChI is InChI=1S/C24H32BrN3O4S/c1-17-11-7-8-12-19(17)15-27(18(2)23(30)26-24(3,4)5)22(29)16-28(33(6,31)32)21-14-10-9-13-20(21)25/h7-14,18H,15-16H2,1-6H3,(H,26,30).